The van der Waals surface area contributed by atoms with E-state index in [1.54, 1.807) is 0 Å². The minimum absolute atomic E-state index is 0.744. The maximum atomic E-state index is 6.66. The third-order valence-corrected chi connectivity index (χ3v) is 11.9. The van der Waals surface area contributed by atoms with E-state index in [4.69, 9.17) is 8.85 Å². The zero-order valence-corrected chi connectivity index (χ0v) is 18.5. The Hall–Kier alpha value is 0.137. The third kappa shape index (κ3) is 5.56. The highest BCUT2D eigenvalue weighted by molar-refractivity contribution is 6.70. The summed E-state index contributed by atoms with van der Waals surface area (Å²) in [6.45, 7) is 10.7. The Morgan fingerprint density at radius 1 is 0.600 bits per heavy atom. The average Bonchev–Trinajstić information content (AvgIpc) is 2.63. The largest absolute Gasteiger partial charge is 0.394 e. The van der Waals surface area contributed by atoms with E-state index in [-0.39, 0.29) is 0 Å². The summed E-state index contributed by atoms with van der Waals surface area (Å²) in [5, 5.41) is 0. The molecule has 148 valence electrons. The van der Waals surface area contributed by atoms with E-state index >= 15 is 0 Å². The molecule has 3 heteroatoms. The van der Waals surface area contributed by atoms with Crippen LogP contribution < -0.4 is 0 Å². The molecule has 0 bridgehead atoms. The third-order valence-electron chi connectivity index (χ3n) is 6.97. The van der Waals surface area contributed by atoms with Crippen LogP contribution in [0.1, 0.15) is 105 Å². The zero-order valence-electron chi connectivity index (χ0n) is 17.5. The van der Waals surface area contributed by atoms with Gasteiger partial charge in [-0.2, -0.15) is 0 Å². The first-order chi connectivity index (χ1) is 12.2. The quantitative estimate of drug-likeness (QED) is 0.379. The van der Waals surface area contributed by atoms with Crippen LogP contribution in [0.3, 0.4) is 0 Å². The smallest absolute Gasteiger partial charge is 0.344 e. The Labute approximate surface area is 158 Å². The number of hydrogen-bond donors (Lipinski definition) is 0. The van der Waals surface area contributed by atoms with E-state index in [1.807, 2.05) is 0 Å². The molecule has 0 amide bonds. The Kier molecular flexibility index (Phi) is 9.51. The fourth-order valence-electron chi connectivity index (χ4n) is 5.82. The van der Waals surface area contributed by atoms with Crippen molar-refractivity contribution in [2.75, 3.05) is 13.2 Å². The first-order valence-corrected chi connectivity index (χ1v) is 13.4. The topological polar surface area (TPSA) is 18.5 Å². The Morgan fingerprint density at radius 3 is 1.24 bits per heavy atom. The van der Waals surface area contributed by atoms with Crippen LogP contribution in [0, 0.1) is 11.8 Å². The molecule has 0 aromatic rings. The minimum atomic E-state index is -2.10. The zero-order chi connectivity index (χ0) is 18.1. The van der Waals surface area contributed by atoms with Crippen LogP contribution in [0.15, 0.2) is 0 Å². The molecular weight excluding hydrogens is 324 g/mol. The van der Waals surface area contributed by atoms with Gasteiger partial charge in [-0.15, -0.1) is 0 Å². The second kappa shape index (κ2) is 11.1. The van der Waals surface area contributed by atoms with Gasteiger partial charge in [0.2, 0.25) is 0 Å². The molecule has 2 fully saturated rings. The molecule has 0 atom stereocenters. The second-order valence-corrected chi connectivity index (χ2v) is 12.3. The van der Waals surface area contributed by atoms with E-state index in [9.17, 15) is 0 Å². The van der Waals surface area contributed by atoms with Crippen LogP contribution in [0.25, 0.3) is 0 Å². The summed E-state index contributed by atoms with van der Waals surface area (Å²) in [7, 11) is -2.10. The van der Waals surface area contributed by atoms with Crippen LogP contribution in [0.4, 0.5) is 0 Å². The first kappa shape index (κ1) is 21.4. The maximum absolute atomic E-state index is 6.66. The summed E-state index contributed by atoms with van der Waals surface area (Å²) in [6, 6.07) is 0. The van der Waals surface area contributed by atoms with E-state index < -0.39 is 8.56 Å². The first-order valence-electron chi connectivity index (χ1n) is 11.5. The minimum Gasteiger partial charge on any atom is -0.394 e. The van der Waals surface area contributed by atoms with Gasteiger partial charge >= 0.3 is 8.56 Å². The highest BCUT2D eigenvalue weighted by Crippen LogP contribution is 2.51. The molecular formula is C22H44O2Si. The van der Waals surface area contributed by atoms with Crippen LogP contribution in [0.2, 0.25) is 11.1 Å². The molecule has 2 saturated carbocycles. The molecule has 2 nitrogen and oxygen atoms in total. The standard InChI is InChI=1S/C22H44O2Si/c1-5-9-19-11-15-21(16-12-19)25(23-7-3,24-8-4)22-17-13-20(10-6-2)14-18-22/h19-22H,5-18H2,1-4H3. The Balaban J connectivity index is 2.06. The monoisotopic (exact) mass is 368 g/mol. The van der Waals surface area contributed by atoms with Gasteiger partial charge in [0.1, 0.15) is 0 Å². The Bertz CT molecular complexity index is 310. The van der Waals surface area contributed by atoms with Crippen molar-refractivity contribution < 1.29 is 8.85 Å². The highest BCUT2D eigenvalue weighted by atomic mass is 28.4. The van der Waals surface area contributed by atoms with E-state index in [1.165, 1.54) is 77.0 Å². The lowest BCUT2D eigenvalue weighted by molar-refractivity contribution is 0.137. The van der Waals surface area contributed by atoms with Gasteiger partial charge in [0.15, 0.2) is 0 Å². The lowest BCUT2D eigenvalue weighted by Crippen LogP contribution is -2.53. The van der Waals surface area contributed by atoms with Crippen LogP contribution in [0.5, 0.6) is 0 Å². The summed E-state index contributed by atoms with van der Waals surface area (Å²) < 4.78 is 13.3. The molecule has 0 unspecified atom stereocenters. The summed E-state index contributed by atoms with van der Waals surface area (Å²) in [5.41, 5.74) is 1.49. The van der Waals surface area contributed by atoms with Crippen molar-refractivity contribution in [3.8, 4) is 0 Å². The molecule has 0 heterocycles. The van der Waals surface area contributed by atoms with E-state index in [0.717, 1.165) is 36.1 Å². The van der Waals surface area contributed by atoms with Gasteiger partial charge < -0.3 is 8.85 Å². The van der Waals surface area contributed by atoms with Crippen LogP contribution in [-0.2, 0) is 8.85 Å². The van der Waals surface area contributed by atoms with Gasteiger partial charge in [-0.1, -0.05) is 65.2 Å². The number of rotatable bonds is 10. The molecule has 0 saturated heterocycles. The summed E-state index contributed by atoms with van der Waals surface area (Å²) in [6.07, 6.45) is 16.7. The van der Waals surface area contributed by atoms with Gasteiger partial charge in [0.05, 0.1) is 0 Å². The molecule has 0 N–H and O–H groups in total. The lowest BCUT2D eigenvalue weighted by atomic mass is 9.85. The average molecular weight is 369 g/mol. The van der Waals surface area contributed by atoms with Crippen molar-refractivity contribution in [2.24, 2.45) is 11.8 Å². The fourth-order valence-corrected chi connectivity index (χ4v) is 10.7. The van der Waals surface area contributed by atoms with Gasteiger partial charge in [0.25, 0.3) is 0 Å². The molecule has 0 aromatic heterocycles. The molecule has 25 heavy (non-hydrogen) atoms. The van der Waals surface area contributed by atoms with Crippen molar-refractivity contribution in [1.29, 1.82) is 0 Å². The van der Waals surface area contributed by atoms with E-state index in [2.05, 4.69) is 27.7 Å². The predicted octanol–water partition coefficient (Wildman–Crippen LogP) is 7.22. The summed E-state index contributed by atoms with van der Waals surface area (Å²) in [4.78, 5) is 0. The predicted molar refractivity (Wildman–Crippen MR) is 110 cm³/mol. The lowest BCUT2D eigenvalue weighted by Gasteiger charge is -2.47. The molecule has 0 aromatic carbocycles. The van der Waals surface area contributed by atoms with Gasteiger partial charge in [-0.3, -0.25) is 0 Å². The van der Waals surface area contributed by atoms with Crippen LogP contribution in [-0.4, -0.2) is 21.8 Å². The fraction of sp³-hybridized carbons (Fsp3) is 1.00. The van der Waals surface area contributed by atoms with Gasteiger partial charge in [-0.05, 0) is 51.4 Å². The van der Waals surface area contributed by atoms with Gasteiger partial charge in [-0.25, -0.2) is 0 Å². The van der Waals surface area contributed by atoms with Crippen molar-refractivity contribution in [3.63, 3.8) is 0 Å². The van der Waals surface area contributed by atoms with Crippen molar-refractivity contribution >= 4 is 8.56 Å². The van der Waals surface area contributed by atoms with E-state index in [0.29, 0.717) is 0 Å². The summed E-state index contributed by atoms with van der Waals surface area (Å²) >= 11 is 0. The van der Waals surface area contributed by atoms with Crippen LogP contribution >= 0.6 is 0 Å². The second-order valence-electron chi connectivity index (χ2n) is 8.60. The normalized spacial score (nSPS) is 31.2. The molecule has 2 aliphatic rings. The maximum Gasteiger partial charge on any atom is 0.344 e. The van der Waals surface area contributed by atoms with Crippen molar-refractivity contribution in [1.82, 2.24) is 0 Å². The molecule has 2 rings (SSSR count). The molecule has 0 radical (unpaired) electrons. The Morgan fingerprint density at radius 2 is 0.960 bits per heavy atom. The molecule has 0 spiro atoms. The molecule has 2 aliphatic carbocycles. The SMILES string of the molecule is CCCC1CCC([Si](OCC)(OCC)C2CCC(CCC)CC2)CC1. The van der Waals surface area contributed by atoms with Crippen molar-refractivity contribution in [2.45, 2.75) is 116 Å². The highest BCUT2D eigenvalue weighted by Gasteiger charge is 2.53. The molecule has 0 aliphatic heterocycles. The summed E-state index contributed by atoms with van der Waals surface area (Å²) in [5.74, 6) is 1.94. The van der Waals surface area contributed by atoms with Gasteiger partial charge in [0, 0.05) is 24.3 Å². The van der Waals surface area contributed by atoms with Crippen molar-refractivity contribution in [3.05, 3.63) is 0 Å². The number of hydrogen-bond acceptors (Lipinski definition) is 2.